The molecule has 0 saturated carbocycles. The summed E-state index contributed by atoms with van der Waals surface area (Å²) in [5, 5.41) is 10.6. The predicted molar refractivity (Wildman–Crippen MR) is 414 cm³/mol. The molecule has 0 aromatic heterocycles. The minimum absolute atomic E-state index is 0.101. The van der Waals surface area contributed by atoms with E-state index in [4.69, 9.17) is 37.0 Å². The molecule has 0 aromatic carbocycles. The van der Waals surface area contributed by atoms with Gasteiger partial charge in [-0.2, -0.15) is 0 Å². The Balaban J connectivity index is 5.27. The highest BCUT2D eigenvalue weighted by Gasteiger charge is 2.30. The molecule has 0 heterocycles. The summed E-state index contributed by atoms with van der Waals surface area (Å²) in [7, 11) is -9.93. The van der Waals surface area contributed by atoms with Crippen LogP contribution in [0.15, 0.2) is 24.3 Å². The molecule has 0 fully saturated rings. The van der Waals surface area contributed by atoms with Gasteiger partial charge in [-0.05, 0) is 69.1 Å². The zero-order chi connectivity index (χ0) is 74.4. The summed E-state index contributed by atoms with van der Waals surface area (Å²) in [6, 6.07) is 0. The smallest absolute Gasteiger partial charge is 0.462 e. The second-order valence-electron chi connectivity index (χ2n) is 30.3. The second-order valence-corrected chi connectivity index (χ2v) is 33.2. The third-order valence-electron chi connectivity index (χ3n) is 18.5. The van der Waals surface area contributed by atoms with Gasteiger partial charge in [0.15, 0.2) is 12.2 Å². The van der Waals surface area contributed by atoms with E-state index in [1.807, 2.05) is 0 Å². The highest BCUT2D eigenvalue weighted by atomic mass is 31.2. The lowest BCUT2D eigenvalue weighted by atomic mass is 10.0. The third-order valence-corrected chi connectivity index (χ3v) is 20.4. The highest BCUT2D eigenvalue weighted by Crippen LogP contribution is 2.45. The molecule has 5 atom stereocenters. The van der Waals surface area contributed by atoms with E-state index in [-0.39, 0.29) is 25.7 Å². The normalized spacial score (nSPS) is 14.1. The fourth-order valence-electron chi connectivity index (χ4n) is 12.1. The topological polar surface area (TPSA) is 237 Å². The number of hydrogen-bond donors (Lipinski definition) is 3. The molecule has 3 unspecified atom stereocenters. The van der Waals surface area contributed by atoms with E-state index in [0.717, 1.165) is 127 Å². The molecule has 17 nitrogen and oxygen atoms in total. The van der Waals surface area contributed by atoms with Gasteiger partial charge in [-0.15, -0.1) is 0 Å². The first kappa shape index (κ1) is 98.5. The largest absolute Gasteiger partial charge is 0.472 e. The van der Waals surface area contributed by atoms with Gasteiger partial charge in [0, 0.05) is 25.7 Å². The van der Waals surface area contributed by atoms with Gasteiger partial charge < -0.3 is 33.8 Å². The maximum absolute atomic E-state index is 13.1. The van der Waals surface area contributed by atoms with Crippen molar-refractivity contribution in [3.63, 3.8) is 0 Å². The van der Waals surface area contributed by atoms with E-state index in [0.29, 0.717) is 31.6 Å². The van der Waals surface area contributed by atoms with Crippen LogP contribution >= 0.6 is 15.6 Å². The molecule has 0 aliphatic carbocycles. The van der Waals surface area contributed by atoms with Crippen molar-refractivity contribution in [1.82, 2.24) is 0 Å². The van der Waals surface area contributed by atoms with Gasteiger partial charge in [0.05, 0.1) is 26.4 Å². The summed E-state index contributed by atoms with van der Waals surface area (Å²) < 4.78 is 68.7. The van der Waals surface area contributed by atoms with Crippen molar-refractivity contribution in [2.24, 2.45) is 17.8 Å². The molecule has 0 bridgehead atoms. The number of aliphatic hydroxyl groups excluding tert-OH is 1. The summed E-state index contributed by atoms with van der Waals surface area (Å²) >= 11 is 0. The van der Waals surface area contributed by atoms with Crippen molar-refractivity contribution in [1.29, 1.82) is 0 Å². The van der Waals surface area contributed by atoms with Crippen LogP contribution in [-0.4, -0.2) is 96.7 Å². The number of rotatable bonds is 78. The molecule has 3 N–H and O–H groups in total. The number of carbonyl (C=O) groups is 4. The number of aliphatic hydroxyl groups is 1. The van der Waals surface area contributed by atoms with Crippen LogP contribution in [0.1, 0.15) is 402 Å². The molecular weight excluding hydrogens is 1320 g/mol. The van der Waals surface area contributed by atoms with Gasteiger partial charge in [0.25, 0.3) is 0 Å². The highest BCUT2D eigenvalue weighted by molar-refractivity contribution is 7.47. The van der Waals surface area contributed by atoms with Crippen LogP contribution in [0.25, 0.3) is 0 Å². The van der Waals surface area contributed by atoms with E-state index in [2.05, 4.69) is 72.8 Å². The summed E-state index contributed by atoms with van der Waals surface area (Å²) in [5.41, 5.74) is 0. The Morgan fingerprint density at radius 2 is 0.535 bits per heavy atom. The molecule has 0 saturated heterocycles. The van der Waals surface area contributed by atoms with Crippen LogP contribution < -0.4 is 0 Å². The molecule has 0 radical (unpaired) electrons. The van der Waals surface area contributed by atoms with Crippen molar-refractivity contribution < 1.29 is 80.2 Å². The number of phosphoric ester groups is 2. The van der Waals surface area contributed by atoms with Gasteiger partial charge in [0.1, 0.15) is 19.3 Å². The Morgan fingerprint density at radius 3 is 0.802 bits per heavy atom. The Morgan fingerprint density at radius 1 is 0.307 bits per heavy atom. The Kier molecular flexibility index (Phi) is 70.0. The van der Waals surface area contributed by atoms with Crippen LogP contribution in [0.5, 0.6) is 0 Å². The van der Waals surface area contributed by atoms with E-state index in [1.54, 1.807) is 0 Å². The van der Waals surface area contributed by atoms with Crippen LogP contribution in [0, 0.1) is 17.8 Å². The number of esters is 4. The monoisotopic (exact) mass is 1480 g/mol. The van der Waals surface area contributed by atoms with Crippen LogP contribution in [0.4, 0.5) is 0 Å². The zero-order valence-electron chi connectivity index (χ0n) is 65.9. The molecular formula is C82H156O17P2. The maximum atomic E-state index is 13.1. The van der Waals surface area contributed by atoms with E-state index >= 15 is 0 Å². The van der Waals surface area contributed by atoms with Crippen LogP contribution in [0.3, 0.4) is 0 Å². The predicted octanol–water partition coefficient (Wildman–Crippen LogP) is 24.1. The van der Waals surface area contributed by atoms with Crippen LogP contribution in [0.2, 0.25) is 0 Å². The summed E-state index contributed by atoms with van der Waals surface area (Å²) in [5.74, 6) is 0.164. The molecule has 0 spiro atoms. The lowest BCUT2D eigenvalue weighted by Crippen LogP contribution is -2.30. The number of carbonyl (C=O) groups excluding carboxylic acids is 4. The SMILES string of the molecule is CCCCCC/C=C\C=C/CCCCCCCC(=O)OC[C@H](COP(=O)(O)OCC(O)COP(=O)(O)OC[C@@H](COC(=O)CCCCCCCCCC(C)C)OC(=O)CCCCCCCCCCCCCCCCC(C)C)OC(=O)CCCCCCCCCCCCCCCCCCC(C)C. The zero-order valence-corrected chi connectivity index (χ0v) is 67.6. The van der Waals surface area contributed by atoms with Gasteiger partial charge in [-0.25, -0.2) is 9.13 Å². The molecule has 596 valence electrons. The fourth-order valence-corrected chi connectivity index (χ4v) is 13.7. The summed E-state index contributed by atoms with van der Waals surface area (Å²) in [6.07, 6.45) is 63.3. The minimum atomic E-state index is -4.97. The lowest BCUT2D eigenvalue weighted by Gasteiger charge is -2.21. The summed E-state index contributed by atoms with van der Waals surface area (Å²) in [6.45, 7) is 11.9. The number of ether oxygens (including phenoxy) is 4. The second kappa shape index (κ2) is 71.8. The minimum Gasteiger partial charge on any atom is -0.462 e. The first-order valence-corrected chi connectivity index (χ1v) is 44.7. The summed E-state index contributed by atoms with van der Waals surface area (Å²) in [4.78, 5) is 73.0. The number of allylic oxidation sites excluding steroid dienone is 4. The van der Waals surface area contributed by atoms with Crippen molar-refractivity contribution in [2.45, 2.75) is 420 Å². The molecule has 101 heavy (non-hydrogen) atoms. The van der Waals surface area contributed by atoms with Crippen LogP contribution in [-0.2, 0) is 65.4 Å². The first-order chi connectivity index (χ1) is 48.7. The van der Waals surface area contributed by atoms with Crippen molar-refractivity contribution in [3.05, 3.63) is 24.3 Å². The Bertz CT molecular complexity index is 2050. The average molecular weight is 1480 g/mol. The van der Waals surface area contributed by atoms with Gasteiger partial charge in [-0.1, -0.05) is 349 Å². The Hall–Kier alpha value is -2.46. The molecule has 0 rings (SSSR count). The van der Waals surface area contributed by atoms with Gasteiger partial charge in [-0.3, -0.25) is 37.3 Å². The lowest BCUT2D eigenvalue weighted by molar-refractivity contribution is -0.161. The molecule has 19 heteroatoms. The quantitative estimate of drug-likeness (QED) is 0.0169. The fraction of sp³-hybridized carbons (Fsp3) is 0.902. The van der Waals surface area contributed by atoms with Crippen molar-refractivity contribution in [3.8, 4) is 0 Å². The van der Waals surface area contributed by atoms with E-state index in [1.165, 1.54) is 186 Å². The first-order valence-electron chi connectivity index (χ1n) is 41.7. The van der Waals surface area contributed by atoms with E-state index in [9.17, 15) is 43.2 Å². The molecule has 0 aliphatic rings. The van der Waals surface area contributed by atoms with Crippen molar-refractivity contribution in [2.75, 3.05) is 39.6 Å². The number of phosphoric acid groups is 2. The standard InChI is InChI=1S/C82H156O17P2/c1-8-9-10-11-12-13-14-15-18-25-30-35-42-49-56-63-79(84)92-69-77(98-81(86)65-58-51-43-36-31-26-20-17-16-19-23-28-33-39-46-53-60-73(2)3)71-96-100(88,89)94-67-76(83)68-95-101(90,91)97-72-78(70-93-80(85)64-57-50-45-38-41-48-55-62-75(6)7)99-82(87)66-59-52-44-37-32-27-22-21-24-29-34-40-47-54-61-74(4)5/h13-15,18,73-78,83H,8-12,16-17,19-72H2,1-7H3,(H,88,89)(H,90,91)/b14-13-,18-15-/t76?,77-,78-/m1/s1. The maximum Gasteiger partial charge on any atom is 0.472 e. The molecule has 0 amide bonds. The van der Waals surface area contributed by atoms with Gasteiger partial charge in [0.2, 0.25) is 0 Å². The number of unbranched alkanes of at least 4 members (excludes halogenated alkanes) is 43. The molecule has 0 aliphatic heterocycles. The van der Waals surface area contributed by atoms with Crippen molar-refractivity contribution >= 4 is 39.5 Å². The average Bonchev–Trinajstić information content (AvgIpc) is 0.942. The van der Waals surface area contributed by atoms with E-state index < -0.39 is 97.5 Å². The third kappa shape index (κ3) is 75.6. The molecule has 0 aromatic rings. The van der Waals surface area contributed by atoms with Gasteiger partial charge >= 0.3 is 39.5 Å². The number of hydrogen-bond acceptors (Lipinski definition) is 15. The Labute approximate surface area is 618 Å².